The van der Waals surface area contributed by atoms with Gasteiger partial charge in [-0.3, -0.25) is 0 Å². The molecule has 0 bridgehead atoms. The average molecular weight is 242 g/mol. The number of aliphatic hydroxyl groups is 1. The topological polar surface area (TPSA) is 32.3 Å². The number of aliphatic hydroxyl groups excluding tert-OH is 1. The molecule has 0 fully saturated rings. The number of rotatable bonds is 7. The second kappa shape index (κ2) is 7.66. The lowest BCUT2D eigenvalue weighted by atomic mass is 10.1. The number of benzene rings is 1. The van der Waals surface area contributed by atoms with Gasteiger partial charge in [0.25, 0.3) is 0 Å². The molecule has 0 radical (unpaired) electrons. The van der Waals surface area contributed by atoms with Gasteiger partial charge in [-0.05, 0) is 30.7 Å². The van der Waals surface area contributed by atoms with E-state index in [1.807, 2.05) is 12.1 Å². The predicted octanol–water partition coefficient (Wildman–Crippen LogP) is 3.15. The van der Waals surface area contributed by atoms with Gasteiger partial charge in [0.05, 0.1) is 6.10 Å². The Morgan fingerprint density at radius 3 is 2.56 bits per heavy atom. The summed E-state index contributed by atoms with van der Waals surface area (Å²) in [6.45, 7) is 3.76. The third kappa shape index (κ3) is 4.97. The van der Waals surface area contributed by atoms with Crippen LogP contribution in [0, 0.1) is 0 Å². The van der Waals surface area contributed by atoms with Crippen LogP contribution in [0.3, 0.4) is 0 Å². The van der Waals surface area contributed by atoms with Crippen LogP contribution in [-0.2, 0) is 0 Å². The van der Waals surface area contributed by atoms with Crippen LogP contribution in [0.15, 0.2) is 24.3 Å². The first-order valence-electron chi connectivity index (χ1n) is 5.88. The molecule has 3 heteroatoms. The average Bonchev–Trinajstić information content (AvgIpc) is 2.29. The molecule has 0 aliphatic heterocycles. The zero-order chi connectivity index (χ0) is 11.8. The molecule has 1 unspecified atom stereocenters. The molecule has 0 aliphatic rings. The first kappa shape index (κ1) is 13.5. The summed E-state index contributed by atoms with van der Waals surface area (Å²) in [5.74, 6) is 0. The molecular formula is C13H20ClNO. The van der Waals surface area contributed by atoms with Crippen molar-refractivity contribution in [2.24, 2.45) is 0 Å². The predicted molar refractivity (Wildman–Crippen MR) is 68.8 cm³/mol. The van der Waals surface area contributed by atoms with Gasteiger partial charge in [-0.25, -0.2) is 0 Å². The summed E-state index contributed by atoms with van der Waals surface area (Å²) < 4.78 is 0. The Hall–Kier alpha value is -0.570. The summed E-state index contributed by atoms with van der Waals surface area (Å²) in [6, 6.07) is 7.33. The highest BCUT2D eigenvalue weighted by atomic mass is 35.5. The summed E-state index contributed by atoms with van der Waals surface area (Å²) in [5.41, 5.74) is 0.910. The molecule has 0 saturated carbocycles. The first-order chi connectivity index (χ1) is 7.74. The van der Waals surface area contributed by atoms with Crippen molar-refractivity contribution in [3.63, 3.8) is 0 Å². The number of hydrogen-bond acceptors (Lipinski definition) is 2. The van der Waals surface area contributed by atoms with E-state index in [0.29, 0.717) is 11.6 Å². The Kier molecular flexibility index (Phi) is 6.46. The minimum absolute atomic E-state index is 0.445. The molecule has 1 atom stereocenters. The molecular weight excluding hydrogens is 222 g/mol. The van der Waals surface area contributed by atoms with Crippen LogP contribution in [0.2, 0.25) is 5.02 Å². The van der Waals surface area contributed by atoms with Crippen molar-refractivity contribution in [1.82, 2.24) is 5.32 Å². The molecule has 0 aliphatic carbocycles. The maximum Gasteiger partial charge on any atom is 0.0914 e. The first-order valence-corrected chi connectivity index (χ1v) is 6.26. The molecule has 0 spiro atoms. The second-order valence-electron chi connectivity index (χ2n) is 3.98. The summed E-state index contributed by atoms with van der Waals surface area (Å²) in [4.78, 5) is 0. The van der Waals surface area contributed by atoms with Crippen LogP contribution in [0.1, 0.15) is 37.9 Å². The van der Waals surface area contributed by atoms with Gasteiger partial charge in [0.1, 0.15) is 0 Å². The summed E-state index contributed by atoms with van der Waals surface area (Å²) in [5, 5.41) is 13.8. The zero-order valence-corrected chi connectivity index (χ0v) is 10.5. The smallest absolute Gasteiger partial charge is 0.0914 e. The number of hydrogen-bond donors (Lipinski definition) is 2. The fraction of sp³-hybridized carbons (Fsp3) is 0.538. The van der Waals surface area contributed by atoms with E-state index in [-0.39, 0.29) is 0 Å². The van der Waals surface area contributed by atoms with E-state index in [4.69, 9.17) is 11.6 Å². The van der Waals surface area contributed by atoms with Crippen LogP contribution < -0.4 is 5.32 Å². The van der Waals surface area contributed by atoms with E-state index >= 15 is 0 Å². The van der Waals surface area contributed by atoms with E-state index in [9.17, 15) is 5.11 Å². The van der Waals surface area contributed by atoms with Crippen LogP contribution in [-0.4, -0.2) is 18.2 Å². The van der Waals surface area contributed by atoms with E-state index < -0.39 is 6.10 Å². The van der Waals surface area contributed by atoms with Gasteiger partial charge in [-0.2, -0.15) is 0 Å². The van der Waals surface area contributed by atoms with E-state index in [2.05, 4.69) is 12.2 Å². The summed E-state index contributed by atoms with van der Waals surface area (Å²) in [7, 11) is 0. The molecule has 0 amide bonds. The molecule has 90 valence electrons. The minimum atomic E-state index is -0.445. The van der Waals surface area contributed by atoms with Gasteiger partial charge in [-0.15, -0.1) is 0 Å². The molecule has 0 heterocycles. The summed E-state index contributed by atoms with van der Waals surface area (Å²) >= 11 is 5.78. The fourth-order valence-corrected chi connectivity index (χ4v) is 1.67. The molecule has 0 saturated heterocycles. The van der Waals surface area contributed by atoms with Gasteiger partial charge in [-0.1, -0.05) is 43.5 Å². The van der Waals surface area contributed by atoms with Gasteiger partial charge in [0.2, 0.25) is 0 Å². The highest BCUT2D eigenvalue weighted by molar-refractivity contribution is 6.30. The van der Waals surface area contributed by atoms with Crippen molar-refractivity contribution in [3.8, 4) is 0 Å². The van der Waals surface area contributed by atoms with E-state index in [1.54, 1.807) is 12.1 Å². The van der Waals surface area contributed by atoms with Crippen molar-refractivity contribution in [1.29, 1.82) is 0 Å². The molecule has 2 N–H and O–H groups in total. The lowest BCUT2D eigenvalue weighted by Gasteiger charge is -2.12. The molecule has 0 aromatic heterocycles. The Bertz CT molecular complexity index is 286. The van der Waals surface area contributed by atoms with Crippen molar-refractivity contribution >= 4 is 11.6 Å². The van der Waals surface area contributed by atoms with Gasteiger partial charge in [0, 0.05) is 11.6 Å². The van der Waals surface area contributed by atoms with Crippen LogP contribution in [0.25, 0.3) is 0 Å². The lowest BCUT2D eigenvalue weighted by molar-refractivity contribution is 0.174. The quantitative estimate of drug-likeness (QED) is 0.719. The van der Waals surface area contributed by atoms with Crippen molar-refractivity contribution in [2.75, 3.05) is 13.1 Å². The summed E-state index contributed by atoms with van der Waals surface area (Å²) in [6.07, 6.45) is 3.19. The van der Waals surface area contributed by atoms with Gasteiger partial charge in [0.15, 0.2) is 0 Å². The molecule has 16 heavy (non-hydrogen) atoms. The number of unbranched alkanes of at least 4 members (excludes halogenated alkanes) is 2. The Labute approximate surface area is 103 Å². The third-order valence-corrected chi connectivity index (χ3v) is 2.80. The van der Waals surface area contributed by atoms with Crippen LogP contribution >= 0.6 is 11.6 Å². The number of nitrogens with one attached hydrogen (secondary N) is 1. The largest absolute Gasteiger partial charge is 0.387 e. The van der Waals surface area contributed by atoms with E-state index in [0.717, 1.165) is 12.1 Å². The van der Waals surface area contributed by atoms with Crippen molar-refractivity contribution in [2.45, 2.75) is 32.3 Å². The van der Waals surface area contributed by atoms with Gasteiger partial charge < -0.3 is 10.4 Å². The van der Waals surface area contributed by atoms with E-state index in [1.165, 1.54) is 19.3 Å². The Morgan fingerprint density at radius 1 is 1.25 bits per heavy atom. The standard InChI is InChI=1S/C13H20ClNO/c1-2-3-4-9-15-10-13(16)11-5-7-12(14)8-6-11/h5-8,13,15-16H,2-4,9-10H2,1H3. The maximum atomic E-state index is 9.86. The zero-order valence-electron chi connectivity index (χ0n) is 9.75. The van der Waals surface area contributed by atoms with Crippen LogP contribution in [0.4, 0.5) is 0 Å². The van der Waals surface area contributed by atoms with Crippen molar-refractivity contribution in [3.05, 3.63) is 34.9 Å². The molecule has 2 nitrogen and oxygen atoms in total. The SMILES string of the molecule is CCCCCNCC(O)c1ccc(Cl)cc1. The maximum absolute atomic E-state index is 9.86. The van der Waals surface area contributed by atoms with Crippen LogP contribution in [0.5, 0.6) is 0 Å². The Morgan fingerprint density at radius 2 is 1.94 bits per heavy atom. The highest BCUT2D eigenvalue weighted by Crippen LogP contribution is 2.15. The third-order valence-electron chi connectivity index (χ3n) is 2.55. The lowest BCUT2D eigenvalue weighted by Crippen LogP contribution is -2.22. The number of halogens is 1. The Balaban J connectivity index is 2.24. The highest BCUT2D eigenvalue weighted by Gasteiger charge is 2.05. The monoisotopic (exact) mass is 241 g/mol. The second-order valence-corrected chi connectivity index (χ2v) is 4.42. The molecule has 1 aromatic carbocycles. The van der Waals surface area contributed by atoms with Crippen molar-refractivity contribution < 1.29 is 5.11 Å². The molecule has 1 rings (SSSR count). The fourth-order valence-electron chi connectivity index (χ4n) is 1.54. The normalized spacial score (nSPS) is 12.7. The van der Waals surface area contributed by atoms with Gasteiger partial charge >= 0.3 is 0 Å². The molecule has 1 aromatic rings. The minimum Gasteiger partial charge on any atom is -0.387 e.